The molecular formula is C18H31Cl2N3O2S. The van der Waals surface area contributed by atoms with Crippen LogP contribution in [0.1, 0.15) is 30.6 Å². The normalized spacial score (nSPS) is 20.7. The molecule has 1 aromatic heterocycles. The van der Waals surface area contributed by atoms with Crippen LogP contribution in [0.15, 0.2) is 17.5 Å². The third-order valence-corrected chi connectivity index (χ3v) is 6.17. The molecule has 2 saturated heterocycles. The minimum Gasteiger partial charge on any atom is -0.381 e. The van der Waals surface area contributed by atoms with Crippen molar-refractivity contribution in [3.63, 3.8) is 0 Å². The molecule has 1 unspecified atom stereocenters. The van der Waals surface area contributed by atoms with Crippen molar-refractivity contribution in [1.29, 1.82) is 0 Å². The molecule has 0 saturated carbocycles. The number of amides is 1. The SMILES string of the molecule is Cl.Cl.NC(C(=O)NCC1CCN(Cc2cccs2)CC1)C1CCOCC1. The van der Waals surface area contributed by atoms with E-state index in [0.29, 0.717) is 5.92 Å². The van der Waals surface area contributed by atoms with Crippen molar-refractivity contribution in [1.82, 2.24) is 10.2 Å². The summed E-state index contributed by atoms with van der Waals surface area (Å²) < 4.78 is 5.34. The lowest BCUT2D eigenvalue weighted by Crippen LogP contribution is -2.48. The van der Waals surface area contributed by atoms with E-state index in [4.69, 9.17) is 10.5 Å². The number of nitrogens with one attached hydrogen (secondary N) is 1. The van der Waals surface area contributed by atoms with Gasteiger partial charge in [0.15, 0.2) is 0 Å². The first-order valence-electron chi connectivity index (χ1n) is 9.08. The number of hydrogen-bond donors (Lipinski definition) is 2. The Morgan fingerprint density at radius 3 is 2.58 bits per heavy atom. The van der Waals surface area contributed by atoms with Crippen LogP contribution in [0.3, 0.4) is 0 Å². The summed E-state index contributed by atoms with van der Waals surface area (Å²) in [4.78, 5) is 16.2. The fourth-order valence-corrected chi connectivity index (χ4v) is 4.37. The maximum atomic E-state index is 12.3. The van der Waals surface area contributed by atoms with Crippen molar-refractivity contribution in [2.24, 2.45) is 17.6 Å². The van der Waals surface area contributed by atoms with Crippen LogP contribution < -0.4 is 11.1 Å². The number of likely N-dealkylation sites (tertiary alicyclic amines) is 1. The van der Waals surface area contributed by atoms with Gasteiger partial charge in [-0.25, -0.2) is 0 Å². The van der Waals surface area contributed by atoms with Gasteiger partial charge in [0, 0.05) is 31.2 Å². The molecule has 0 radical (unpaired) electrons. The number of carbonyl (C=O) groups is 1. The number of thiophene rings is 1. The lowest BCUT2D eigenvalue weighted by atomic mass is 9.91. The van der Waals surface area contributed by atoms with Crippen LogP contribution in [-0.4, -0.2) is 49.7 Å². The zero-order valence-corrected chi connectivity index (χ0v) is 17.6. The molecule has 2 aliphatic heterocycles. The highest BCUT2D eigenvalue weighted by Crippen LogP contribution is 2.21. The van der Waals surface area contributed by atoms with Crippen LogP contribution in [0.5, 0.6) is 0 Å². The summed E-state index contributed by atoms with van der Waals surface area (Å²) >= 11 is 1.83. The Balaban J connectivity index is 0.00000169. The third-order valence-electron chi connectivity index (χ3n) is 5.31. The van der Waals surface area contributed by atoms with Crippen LogP contribution in [-0.2, 0) is 16.1 Å². The van der Waals surface area contributed by atoms with Crippen LogP contribution in [0.25, 0.3) is 0 Å². The van der Waals surface area contributed by atoms with Gasteiger partial charge in [-0.15, -0.1) is 36.2 Å². The predicted molar refractivity (Wildman–Crippen MR) is 111 cm³/mol. The van der Waals surface area contributed by atoms with E-state index >= 15 is 0 Å². The second-order valence-corrected chi connectivity index (χ2v) is 8.05. The molecule has 8 heteroatoms. The molecule has 0 aliphatic carbocycles. The Bertz CT molecular complexity index is 505. The summed E-state index contributed by atoms with van der Waals surface area (Å²) in [6.07, 6.45) is 4.10. The quantitative estimate of drug-likeness (QED) is 0.737. The summed E-state index contributed by atoms with van der Waals surface area (Å²) in [7, 11) is 0. The molecule has 0 bridgehead atoms. The Labute approximate surface area is 172 Å². The lowest BCUT2D eigenvalue weighted by Gasteiger charge is -2.32. The molecule has 3 rings (SSSR count). The Morgan fingerprint density at radius 1 is 1.27 bits per heavy atom. The highest BCUT2D eigenvalue weighted by molar-refractivity contribution is 7.09. The first-order valence-corrected chi connectivity index (χ1v) is 9.96. The van der Waals surface area contributed by atoms with Crippen molar-refractivity contribution in [2.45, 2.75) is 38.3 Å². The molecule has 1 amide bonds. The molecule has 2 fully saturated rings. The van der Waals surface area contributed by atoms with E-state index in [1.807, 2.05) is 11.3 Å². The molecule has 2 aliphatic rings. The first-order chi connectivity index (χ1) is 11.7. The number of nitrogens with zero attached hydrogens (tertiary/aromatic N) is 1. The monoisotopic (exact) mass is 423 g/mol. The predicted octanol–water partition coefficient (Wildman–Crippen LogP) is 2.67. The third kappa shape index (κ3) is 6.98. The van der Waals surface area contributed by atoms with Crippen molar-refractivity contribution in [3.05, 3.63) is 22.4 Å². The molecule has 3 N–H and O–H groups in total. The van der Waals surface area contributed by atoms with Crippen molar-refractivity contribution in [3.8, 4) is 0 Å². The fraction of sp³-hybridized carbons (Fsp3) is 0.722. The minimum atomic E-state index is -0.382. The molecule has 150 valence electrons. The van der Waals surface area contributed by atoms with Gasteiger partial charge in [-0.05, 0) is 62.1 Å². The van der Waals surface area contributed by atoms with E-state index < -0.39 is 0 Å². The van der Waals surface area contributed by atoms with Crippen molar-refractivity contribution >= 4 is 42.1 Å². The highest BCUT2D eigenvalue weighted by atomic mass is 35.5. The van der Waals surface area contributed by atoms with E-state index in [0.717, 1.165) is 65.1 Å². The second kappa shape index (κ2) is 12.2. The average molecular weight is 424 g/mol. The molecule has 26 heavy (non-hydrogen) atoms. The number of rotatable bonds is 6. The lowest BCUT2D eigenvalue weighted by molar-refractivity contribution is -0.124. The van der Waals surface area contributed by atoms with Gasteiger partial charge >= 0.3 is 0 Å². The molecule has 3 heterocycles. The summed E-state index contributed by atoms with van der Waals surface area (Å²) in [6, 6.07) is 3.94. The largest absolute Gasteiger partial charge is 0.381 e. The zero-order valence-electron chi connectivity index (χ0n) is 15.1. The van der Waals surface area contributed by atoms with Gasteiger partial charge in [-0.3, -0.25) is 9.69 Å². The minimum absolute atomic E-state index is 0. The van der Waals surface area contributed by atoms with Gasteiger partial charge in [0.05, 0.1) is 6.04 Å². The van der Waals surface area contributed by atoms with E-state index in [9.17, 15) is 4.79 Å². The Kier molecular flexibility index (Phi) is 11.1. The van der Waals surface area contributed by atoms with Crippen LogP contribution in [0.4, 0.5) is 0 Å². The smallest absolute Gasteiger partial charge is 0.237 e. The second-order valence-electron chi connectivity index (χ2n) is 7.02. The highest BCUT2D eigenvalue weighted by Gasteiger charge is 2.27. The summed E-state index contributed by atoms with van der Waals surface area (Å²) in [5, 5.41) is 5.23. The summed E-state index contributed by atoms with van der Waals surface area (Å²) in [5.74, 6) is 0.865. The number of nitrogens with two attached hydrogens (primary N) is 1. The Hall–Kier alpha value is -0.370. The van der Waals surface area contributed by atoms with E-state index in [2.05, 4.69) is 27.7 Å². The van der Waals surface area contributed by atoms with Gasteiger partial charge in [-0.2, -0.15) is 0 Å². The number of piperidine rings is 1. The summed E-state index contributed by atoms with van der Waals surface area (Å²) in [5.41, 5.74) is 6.13. The fourth-order valence-electron chi connectivity index (χ4n) is 3.62. The number of halogens is 2. The molecule has 0 aromatic carbocycles. The van der Waals surface area contributed by atoms with Gasteiger partial charge < -0.3 is 15.8 Å². The van der Waals surface area contributed by atoms with Gasteiger partial charge in [0.25, 0.3) is 0 Å². The van der Waals surface area contributed by atoms with Crippen molar-refractivity contribution < 1.29 is 9.53 Å². The summed E-state index contributed by atoms with van der Waals surface area (Å²) in [6.45, 7) is 5.52. The molecule has 5 nitrogen and oxygen atoms in total. The number of ether oxygens (including phenoxy) is 1. The standard InChI is InChI=1S/C18H29N3O2S.2ClH/c19-17(15-5-9-23-10-6-15)18(22)20-12-14-3-7-21(8-4-14)13-16-2-1-11-24-16;;/h1-2,11,14-15,17H,3-10,12-13,19H2,(H,20,22);2*1H. The first kappa shape index (κ1) is 23.7. The van der Waals surface area contributed by atoms with Crippen LogP contribution in [0, 0.1) is 11.8 Å². The number of hydrogen-bond acceptors (Lipinski definition) is 5. The molecule has 1 atom stereocenters. The topological polar surface area (TPSA) is 67.6 Å². The van der Waals surface area contributed by atoms with E-state index in [1.54, 1.807) is 0 Å². The van der Waals surface area contributed by atoms with Crippen LogP contribution in [0.2, 0.25) is 0 Å². The van der Waals surface area contributed by atoms with Gasteiger partial charge in [0.2, 0.25) is 5.91 Å². The molecule has 1 aromatic rings. The van der Waals surface area contributed by atoms with Gasteiger partial charge in [0.1, 0.15) is 0 Å². The molecular weight excluding hydrogens is 393 g/mol. The van der Waals surface area contributed by atoms with E-state index in [1.165, 1.54) is 4.88 Å². The maximum absolute atomic E-state index is 12.3. The zero-order chi connectivity index (χ0) is 16.8. The average Bonchev–Trinajstić information content (AvgIpc) is 3.14. The Morgan fingerprint density at radius 2 is 1.96 bits per heavy atom. The van der Waals surface area contributed by atoms with E-state index in [-0.39, 0.29) is 42.7 Å². The molecule has 0 spiro atoms. The van der Waals surface area contributed by atoms with Gasteiger partial charge in [-0.1, -0.05) is 6.07 Å². The number of carbonyl (C=O) groups excluding carboxylic acids is 1. The van der Waals surface area contributed by atoms with Crippen LogP contribution >= 0.6 is 36.2 Å². The maximum Gasteiger partial charge on any atom is 0.237 e. The van der Waals surface area contributed by atoms with Crippen molar-refractivity contribution in [2.75, 3.05) is 32.8 Å².